The Hall–Kier alpha value is -0.280. The minimum Gasteiger partial charge on any atom is -0.394 e. The second kappa shape index (κ2) is 26.0. The van der Waals surface area contributed by atoms with Gasteiger partial charge in [0.25, 0.3) is 0 Å². The van der Waals surface area contributed by atoms with Crippen LogP contribution in [0.4, 0.5) is 0 Å². The lowest BCUT2D eigenvalue weighted by Gasteiger charge is -2.30. The number of unbranched alkanes of at least 4 members (excludes halogenated alkanes) is 12. The monoisotopic (exact) mass is 534 g/mol. The molecule has 0 aliphatic rings. The summed E-state index contributed by atoms with van der Waals surface area (Å²) >= 11 is 0. The highest BCUT2D eigenvalue weighted by Gasteiger charge is 2.26. The molecule has 0 aromatic rings. The van der Waals surface area contributed by atoms with E-state index < -0.39 is 49.8 Å². The third kappa shape index (κ3) is 23.3. The average Bonchev–Trinajstić information content (AvgIpc) is 2.87. The third-order valence-electron chi connectivity index (χ3n) is 7.23. The Bertz CT molecular complexity index is 425. The Morgan fingerprint density at radius 1 is 0.432 bits per heavy atom. The Morgan fingerprint density at radius 3 is 1.05 bits per heavy atom. The van der Waals surface area contributed by atoms with E-state index in [-0.39, 0.29) is 12.8 Å². The molecule has 7 nitrogen and oxygen atoms in total. The predicted molar refractivity (Wildman–Crippen MR) is 151 cm³/mol. The van der Waals surface area contributed by atoms with Crippen LogP contribution in [0.3, 0.4) is 0 Å². The lowest BCUT2D eigenvalue weighted by atomic mass is 9.98. The van der Waals surface area contributed by atoms with Crippen molar-refractivity contribution in [1.29, 1.82) is 0 Å². The van der Waals surface area contributed by atoms with Crippen molar-refractivity contribution in [2.45, 2.75) is 179 Å². The summed E-state index contributed by atoms with van der Waals surface area (Å²) in [6.07, 6.45) is 14.6. The van der Waals surface area contributed by atoms with Crippen LogP contribution in [-0.4, -0.2) is 80.5 Å². The van der Waals surface area contributed by atoms with Gasteiger partial charge in [-0.1, -0.05) is 104 Å². The van der Waals surface area contributed by atoms with Crippen molar-refractivity contribution >= 4 is 0 Å². The molecule has 0 heterocycles. The van der Waals surface area contributed by atoms with E-state index >= 15 is 0 Å². The maximum absolute atomic E-state index is 10.6. The Morgan fingerprint density at radius 2 is 0.730 bits per heavy atom. The van der Waals surface area contributed by atoms with Crippen molar-refractivity contribution in [2.75, 3.05) is 13.2 Å². The fourth-order valence-corrected chi connectivity index (χ4v) is 4.96. The Kier molecular flexibility index (Phi) is 25.8. The van der Waals surface area contributed by atoms with Crippen LogP contribution in [-0.2, 0) is 4.74 Å². The summed E-state index contributed by atoms with van der Waals surface area (Å²) in [5.74, 6) is 0. The SMILES string of the molecule is CCCCCCCCCC(O)CC(CC(O)CO)OC(CC(O)CO)CC(O)CCCCCCCCC. The number of aliphatic hydroxyl groups is 6. The molecule has 0 radical (unpaired) electrons. The second-order valence-corrected chi connectivity index (χ2v) is 11.1. The van der Waals surface area contributed by atoms with E-state index in [1.807, 2.05) is 0 Å². The van der Waals surface area contributed by atoms with Crippen LogP contribution in [0.1, 0.15) is 142 Å². The first-order chi connectivity index (χ1) is 17.9. The molecule has 224 valence electrons. The highest BCUT2D eigenvalue weighted by atomic mass is 16.5. The smallest absolute Gasteiger partial charge is 0.0795 e. The van der Waals surface area contributed by atoms with Gasteiger partial charge in [-0.25, -0.2) is 0 Å². The maximum Gasteiger partial charge on any atom is 0.0795 e. The average molecular weight is 535 g/mol. The van der Waals surface area contributed by atoms with E-state index in [0.717, 1.165) is 25.7 Å². The second-order valence-electron chi connectivity index (χ2n) is 11.1. The largest absolute Gasteiger partial charge is 0.394 e. The quantitative estimate of drug-likeness (QED) is 0.0778. The van der Waals surface area contributed by atoms with Crippen molar-refractivity contribution in [3.63, 3.8) is 0 Å². The summed E-state index contributed by atoms with van der Waals surface area (Å²) in [4.78, 5) is 0. The number of rotatable bonds is 28. The number of aliphatic hydroxyl groups excluding tert-OH is 6. The van der Waals surface area contributed by atoms with Gasteiger partial charge in [-0.3, -0.25) is 0 Å². The predicted octanol–water partition coefficient (Wildman–Crippen LogP) is 5.01. The minimum atomic E-state index is -0.961. The van der Waals surface area contributed by atoms with Gasteiger partial charge in [-0.2, -0.15) is 0 Å². The van der Waals surface area contributed by atoms with Gasteiger partial charge in [0.1, 0.15) is 0 Å². The van der Waals surface area contributed by atoms with Gasteiger partial charge >= 0.3 is 0 Å². The van der Waals surface area contributed by atoms with Crippen molar-refractivity contribution in [3.8, 4) is 0 Å². The number of hydrogen-bond donors (Lipinski definition) is 6. The molecule has 0 aromatic carbocycles. The van der Waals surface area contributed by atoms with Gasteiger partial charge in [-0.05, 0) is 25.7 Å². The maximum atomic E-state index is 10.6. The molecule has 0 aromatic heterocycles. The van der Waals surface area contributed by atoms with Crippen LogP contribution < -0.4 is 0 Å². The van der Waals surface area contributed by atoms with Crippen LogP contribution in [0.15, 0.2) is 0 Å². The molecule has 0 saturated heterocycles. The van der Waals surface area contributed by atoms with Gasteiger partial charge in [0.2, 0.25) is 0 Å². The summed E-state index contributed by atoms with van der Waals surface area (Å²) in [6.45, 7) is 3.63. The van der Waals surface area contributed by atoms with Gasteiger partial charge in [-0.15, -0.1) is 0 Å². The summed E-state index contributed by atoms with van der Waals surface area (Å²) in [5, 5.41) is 60.1. The molecule has 0 spiro atoms. The fourth-order valence-electron chi connectivity index (χ4n) is 4.96. The van der Waals surface area contributed by atoms with Crippen LogP contribution in [0.2, 0.25) is 0 Å². The van der Waals surface area contributed by atoms with Crippen LogP contribution >= 0.6 is 0 Å². The van der Waals surface area contributed by atoms with Gasteiger partial charge in [0.05, 0.1) is 49.8 Å². The fraction of sp³-hybridized carbons (Fsp3) is 1.00. The number of ether oxygens (including phenoxy) is 1. The normalized spacial score (nSPS) is 16.9. The van der Waals surface area contributed by atoms with E-state index in [1.54, 1.807) is 0 Å². The molecule has 6 unspecified atom stereocenters. The van der Waals surface area contributed by atoms with Crippen LogP contribution in [0.5, 0.6) is 0 Å². The molecule has 7 heteroatoms. The molecule has 0 rings (SSSR count). The van der Waals surface area contributed by atoms with E-state index in [2.05, 4.69) is 13.8 Å². The van der Waals surface area contributed by atoms with Crippen LogP contribution in [0, 0.1) is 0 Å². The van der Waals surface area contributed by atoms with Gasteiger partial charge < -0.3 is 35.4 Å². The molecule has 6 atom stereocenters. The molecule has 0 aliphatic heterocycles. The van der Waals surface area contributed by atoms with E-state index in [1.165, 1.54) is 64.2 Å². The molecule has 0 fully saturated rings. The standard InChI is InChI=1S/C30H62O7/c1-3-5-7-9-11-13-15-17-25(33)19-29(21-27(35)23-31)37-30(22-28(36)24-32)20-26(34)18-16-14-12-10-8-6-4-2/h25-36H,3-24H2,1-2H3. The molecule has 0 amide bonds. The Balaban J connectivity index is 4.73. The third-order valence-corrected chi connectivity index (χ3v) is 7.23. The topological polar surface area (TPSA) is 131 Å². The molecular weight excluding hydrogens is 472 g/mol. The summed E-state index contributed by atoms with van der Waals surface area (Å²) in [5.41, 5.74) is 0. The zero-order valence-electron chi connectivity index (χ0n) is 24.1. The molecule has 0 bridgehead atoms. The first kappa shape index (κ1) is 36.7. The molecule has 0 aliphatic carbocycles. The van der Waals surface area contributed by atoms with Crippen molar-refractivity contribution < 1.29 is 35.4 Å². The lowest BCUT2D eigenvalue weighted by Crippen LogP contribution is -2.35. The molecular formula is C30H62O7. The minimum absolute atomic E-state index is 0.171. The summed E-state index contributed by atoms with van der Waals surface area (Å²) in [7, 11) is 0. The first-order valence-corrected chi connectivity index (χ1v) is 15.4. The van der Waals surface area contributed by atoms with E-state index in [0.29, 0.717) is 25.7 Å². The summed E-state index contributed by atoms with van der Waals surface area (Å²) < 4.78 is 6.22. The zero-order chi connectivity index (χ0) is 27.7. The van der Waals surface area contributed by atoms with Crippen molar-refractivity contribution in [3.05, 3.63) is 0 Å². The zero-order valence-corrected chi connectivity index (χ0v) is 24.1. The van der Waals surface area contributed by atoms with Crippen LogP contribution in [0.25, 0.3) is 0 Å². The molecule has 37 heavy (non-hydrogen) atoms. The summed E-state index contributed by atoms with van der Waals surface area (Å²) in [6, 6.07) is 0. The van der Waals surface area contributed by atoms with E-state index in [9.17, 15) is 30.6 Å². The van der Waals surface area contributed by atoms with Gasteiger partial charge in [0.15, 0.2) is 0 Å². The Labute approximate surface area is 227 Å². The molecule has 6 N–H and O–H groups in total. The van der Waals surface area contributed by atoms with Gasteiger partial charge in [0, 0.05) is 12.8 Å². The highest BCUT2D eigenvalue weighted by molar-refractivity contribution is 4.76. The van der Waals surface area contributed by atoms with Crippen molar-refractivity contribution in [2.24, 2.45) is 0 Å². The lowest BCUT2D eigenvalue weighted by molar-refractivity contribution is -0.0923. The number of hydrogen-bond acceptors (Lipinski definition) is 7. The first-order valence-electron chi connectivity index (χ1n) is 15.4. The highest BCUT2D eigenvalue weighted by Crippen LogP contribution is 2.22. The van der Waals surface area contributed by atoms with E-state index in [4.69, 9.17) is 4.74 Å². The van der Waals surface area contributed by atoms with Crippen molar-refractivity contribution in [1.82, 2.24) is 0 Å². The molecule has 0 saturated carbocycles.